The van der Waals surface area contributed by atoms with Gasteiger partial charge in [-0.3, -0.25) is 0 Å². The van der Waals surface area contributed by atoms with Crippen molar-refractivity contribution in [3.05, 3.63) is 0 Å². The summed E-state index contributed by atoms with van der Waals surface area (Å²) in [5, 5.41) is 0.588. The SMILES string of the molecule is C.C.COC(=S)SC.COC(C)=S. The highest BCUT2D eigenvalue weighted by molar-refractivity contribution is 8.22. The van der Waals surface area contributed by atoms with Crippen molar-refractivity contribution < 1.29 is 9.47 Å². The predicted octanol–water partition coefficient (Wildman–Crippen LogP) is 3.53. The van der Waals surface area contributed by atoms with Crippen LogP contribution in [0.5, 0.6) is 0 Å². The van der Waals surface area contributed by atoms with Crippen molar-refractivity contribution in [1.29, 1.82) is 0 Å². The third kappa shape index (κ3) is 33.1. The first-order valence-corrected chi connectivity index (χ1v) is 4.79. The largest absolute Gasteiger partial charge is 0.491 e. The maximum absolute atomic E-state index is 4.60. The number of ether oxygens (including phenoxy) is 2. The molecule has 0 amide bonds. The van der Waals surface area contributed by atoms with E-state index in [1.165, 1.54) is 11.8 Å². The van der Waals surface area contributed by atoms with E-state index < -0.39 is 0 Å². The van der Waals surface area contributed by atoms with E-state index in [4.69, 9.17) is 0 Å². The Bertz CT molecular complexity index is 121. The van der Waals surface area contributed by atoms with Crippen LogP contribution in [-0.4, -0.2) is 29.9 Å². The van der Waals surface area contributed by atoms with Gasteiger partial charge >= 0.3 is 0 Å². The number of thiocarbonyl (C=S) groups is 2. The summed E-state index contributed by atoms with van der Waals surface area (Å²) < 4.78 is 9.67. The molecule has 0 unspecified atom stereocenters. The molecule has 0 bridgehead atoms. The van der Waals surface area contributed by atoms with Crippen LogP contribution >= 0.6 is 36.2 Å². The smallest absolute Gasteiger partial charge is 0.219 e. The molecule has 0 atom stereocenters. The molecule has 0 N–H and O–H groups in total. The Labute approximate surface area is 97.4 Å². The predicted molar refractivity (Wildman–Crippen MR) is 71.9 cm³/mol. The second-order valence-corrected chi connectivity index (χ2v) is 3.34. The van der Waals surface area contributed by atoms with Crippen LogP contribution < -0.4 is 0 Å². The van der Waals surface area contributed by atoms with Crippen molar-refractivity contribution in [2.24, 2.45) is 0 Å². The van der Waals surface area contributed by atoms with Crippen LogP contribution in [0.15, 0.2) is 0 Å². The molecule has 0 aliphatic carbocycles. The van der Waals surface area contributed by atoms with Gasteiger partial charge in [-0.2, -0.15) is 0 Å². The summed E-state index contributed by atoms with van der Waals surface area (Å²) >= 11 is 10.5. The quantitative estimate of drug-likeness (QED) is 0.605. The maximum atomic E-state index is 4.60. The topological polar surface area (TPSA) is 18.5 Å². The Morgan fingerprint density at radius 1 is 1.08 bits per heavy atom. The Kier molecular flexibility index (Phi) is 32.1. The lowest BCUT2D eigenvalue weighted by atomic mass is 10.9. The second-order valence-electron chi connectivity index (χ2n) is 1.35. The van der Waals surface area contributed by atoms with Gasteiger partial charge in [0.1, 0.15) is 0 Å². The molecule has 0 rings (SSSR count). The fourth-order valence-electron chi connectivity index (χ4n) is 0.0833. The minimum Gasteiger partial charge on any atom is -0.491 e. The summed E-state index contributed by atoms with van der Waals surface area (Å²) in [5.74, 6) is 0. The summed E-state index contributed by atoms with van der Waals surface area (Å²) in [4.78, 5) is 0. The van der Waals surface area contributed by atoms with Gasteiger partial charge in [0.25, 0.3) is 0 Å². The number of rotatable bonds is 0. The summed E-state index contributed by atoms with van der Waals surface area (Å²) in [5.41, 5.74) is 0. The number of methoxy groups -OCH3 is 2. The highest BCUT2D eigenvalue weighted by Crippen LogP contribution is 1.95. The normalized spacial score (nSPS) is 6.15. The van der Waals surface area contributed by atoms with Crippen LogP contribution in [0.3, 0.4) is 0 Å². The van der Waals surface area contributed by atoms with Crippen LogP contribution in [0.2, 0.25) is 0 Å². The first kappa shape index (κ1) is 23.2. The lowest BCUT2D eigenvalue weighted by Gasteiger charge is -1.90. The molecule has 0 aliphatic rings. The Balaban J connectivity index is -0.0000000546. The van der Waals surface area contributed by atoms with Gasteiger partial charge in [-0.05, 0) is 30.7 Å². The van der Waals surface area contributed by atoms with Crippen LogP contribution in [0, 0.1) is 0 Å². The number of thioether (sulfide) groups is 1. The average molecular weight is 244 g/mol. The fraction of sp³-hybridized carbons (Fsp3) is 0.750. The molecule has 82 valence electrons. The number of hydrogen-bond acceptors (Lipinski definition) is 5. The highest BCUT2D eigenvalue weighted by atomic mass is 32.2. The van der Waals surface area contributed by atoms with Gasteiger partial charge in [0.15, 0.2) is 5.05 Å². The highest BCUT2D eigenvalue weighted by Gasteiger charge is 1.82. The molecule has 0 fully saturated rings. The zero-order valence-electron chi connectivity index (χ0n) is 7.04. The zero-order valence-corrected chi connectivity index (χ0v) is 9.49. The van der Waals surface area contributed by atoms with E-state index >= 15 is 0 Å². The van der Waals surface area contributed by atoms with Gasteiger partial charge in [-0.25, -0.2) is 0 Å². The van der Waals surface area contributed by atoms with E-state index in [1.54, 1.807) is 21.1 Å². The van der Waals surface area contributed by atoms with E-state index in [0.717, 1.165) is 0 Å². The Morgan fingerprint density at radius 2 is 1.38 bits per heavy atom. The van der Waals surface area contributed by atoms with Crippen LogP contribution in [0.4, 0.5) is 0 Å². The molecule has 0 saturated carbocycles. The van der Waals surface area contributed by atoms with Crippen molar-refractivity contribution in [1.82, 2.24) is 0 Å². The van der Waals surface area contributed by atoms with Crippen molar-refractivity contribution in [3.8, 4) is 0 Å². The molecular formula is C8H20O2S3. The molecule has 0 heterocycles. The molecule has 0 saturated heterocycles. The monoisotopic (exact) mass is 244 g/mol. The van der Waals surface area contributed by atoms with E-state index in [9.17, 15) is 0 Å². The molecule has 0 aromatic carbocycles. The maximum Gasteiger partial charge on any atom is 0.219 e. The second kappa shape index (κ2) is 18.0. The minimum atomic E-state index is 0. The van der Waals surface area contributed by atoms with E-state index in [-0.39, 0.29) is 14.9 Å². The molecular weight excluding hydrogens is 224 g/mol. The molecule has 2 nitrogen and oxygen atoms in total. The van der Waals surface area contributed by atoms with Crippen LogP contribution in [-0.2, 0) is 9.47 Å². The molecule has 0 aromatic rings. The van der Waals surface area contributed by atoms with Crippen molar-refractivity contribution >= 4 is 45.6 Å². The molecule has 13 heavy (non-hydrogen) atoms. The van der Waals surface area contributed by atoms with Crippen molar-refractivity contribution in [3.63, 3.8) is 0 Å². The third-order valence-corrected chi connectivity index (χ3v) is 1.95. The molecule has 0 aromatic heterocycles. The fourth-order valence-corrected chi connectivity index (χ4v) is 0.250. The molecule has 0 aliphatic heterocycles. The molecule has 0 radical (unpaired) electrons. The van der Waals surface area contributed by atoms with Gasteiger partial charge in [-0.15, -0.1) is 0 Å². The Morgan fingerprint density at radius 3 is 1.38 bits per heavy atom. The third-order valence-electron chi connectivity index (χ3n) is 0.621. The molecule has 5 heteroatoms. The van der Waals surface area contributed by atoms with Gasteiger partial charge < -0.3 is 9.47 Å². The van der Waals surface area contributed by atoms with Gasteiger partial charge in [-0.1, -0.05) is 26.6 Å². The Hall–Kier alpha value is 0.130. The van der Waals surface area contributed by atoms with Crippen molar-refractivity contribution in [2.75, 3.05) is 20.5 Å². The van der Waals surface area contributed by atoms with Crippen molar-refractivity contribution in [2.45, 2.75) is 21.8 Å². The minimum absolute atomic E-state index is 0. The lowest BCUT2D eigenvalue weighted by molar-refractivity contribution is 0.411. The van der Waals surface area contributed by atoms with E-state index in [1.807, 2.05) is 6.26 Å². The van der Waals surface area contributed by atoms with E-state index in [0.29, 0.717) is 9.43 Å². The van der Waals surface area contributed by atoms with Crippen LogP contribution in [0.25, 0.3) is 0 Å². The summed E-state index contributed by atoms with van der Waals surface area (Å²) in [7, 11) is 3.13. The van der Waals surface area contributed by atoms with Gasteiger partial charge in [0.2, 0.25) is 4.38 Å². The number of hydrogen-bond donors (Lipinski definition) is 0. The van der Waals surface area contributed by atoms with E-state index in [2.05, 4.69) is 33.9 Å². The summed E-state index contributed by atoms with van der Waals surface area (Å²) in [6, 6.07) is 0. The van der Waals surface area contributed by atoms with Gasteiger partial charge in [0.05, 0.1) is 14.2 Å². The zero-order chi connectivity index (χ0) is 9.28. The van der Waals surface area contributed by atoms with Crippen LogP contribution in [0.1, 0.15) is 21.8 Å². The summed E-state index contributed by atoms with van der Waals surface area (Å²) in [6.45, 7) is 1.73. The summed E-state index contributed by atoms with van der Waals surface area (Å²) in [6.07, 6.45) is 1.88. The first-order valence-electron chi connectivity index (χ1n) is 2.75. The average Bonchev–Trinajstić information content (AvgIpc) is 2.04. The lowest BCUT2D eigenvalue weighted by Crippen LogP contribution is -1.85. The van der Waals surface area contributed by atoms with Gasteiger partial charge in [0, 0.05) is 6.92 Å². The molecule has 0 spiro atoms. The standard InChI is InChI=1S/C3H6OS2.C3H6OS.2CH4/c1-4-3(5)6-2;1-3(5)4-2;;/h1-2H3;1-2H3;2*1H4. The first-order chi connectivity index (χ1) is 5.08.